The maximum absolute atomic E-state index is 13.2. The minimum atomic E-state index is -0.189. The number of anilines is 1. The molecule has 0 radical (unpaired) electrons. The first kappa shape index (κ1) is 13.9. The maximum atomic E-state index is 13.2. The van der Waals surface area contributed by atoms with Gasteiger partial charge in [0, 0.05) is 5.69 Å². The molecule has 2 aromatic carbocycles. The Bertz CT molecular complexity index is 620. The van der Waals surface area contributed by atoms with Gasteiger partial charge in [-0.05, 0) is 67.1 Å². The molecule has 0 aliphatic heterocycles. The van der Waals surface area contributed by atoms with Crippen molar-refractivity contribution in [2.75, 3.05) is 12.4 Å². The van der Waals surface area contributed by atoms with Crippen molar-refractivity contribution in [3.63, 3.8) is 0 Å². The summed E-state index contributed by atoms with van der Waals surface area (Å²) in [7, 11) is 1.67. The van der Waals surface area contributed by atoms with Crippen molar-refractivity contribution in [3.8, 4) is 5.75 Å². The van der Waals surface area contributed by atoms with E-state index in [4.69, 9.17) is 4.74 Å². The molecule has 110 valence electrons. The van der Waals surface area contributed by atoms with Gasteiger partial charge in [0.25, 0.3) is 0 Å². The molecule has 2 aromatic rings. The van der Waals surface area contributed by atoms with Gasteiger partial charge in [-0.3, -0.25) is 0 Å². The summed E-state index contributed by atoms with van der Waals surface area (Å²) in [5.41, 5.74) is 3.19. The average molecular weight is 285 g/mol. The van der Waals surface area contributed by atoms with Crippen LogP contribution in [0.25, 0.3) is 0 Å². The lowest BCUT2D eigenvalue weighted by Gasteiger charge is -2.21. The standard InChI is InChI=1S/C18H20FNO/c1-12-11-15(19)7-10-17(12)20-18(13-3-4-13)14-5-8-16(21-2)9-6-14/h5-11,13,18,20H,3-4H2,1-2H3. The Balaban J connectivity index is 1.84. The molecule has 0 bridgehead atoms. The van der Waals surface area contributed by atoms with Gasteiger partial charge in [-0.1, -0.05) is 12.1 Å². The van der Waals surface area contributed by atoms with Crippen LogP contribution in [-0.4, -0.2) is 7.11 Å². The Kier molecular flexibility index (Phi) is 3.82. The molecule has 0 amide bonds. The zero-order valence-corrected chi connectivity index (χ0v) is 12.4. The SMILES string of the molecule is COc1ccc(C(Nc2ccc(F)cc2C)C2CC2)cc1. The molecule has 2 nitrogen and oxygen atoms in total. The number of ether oxygens (including phenoxy) is 1. The molecule has 21 heavy (non-hydrogen) atoms. The molecule has 1 fully saturated rings. The minimum Gasteiger partial charge on any atom is -0.497 e. The van der Waals surface area contributed by atoms with Crippen molar-refractivity contribution in [3.05, 3.63) is 59.4 Å². The molecule has 1 saturated carbocycles. The Morgan fingerprint density at radius 3 is 2.43 bits per heavy atom. The Morgan fingerprint density at radius 2 is 1.86 bits per heavy atom. The smallest absolute Gasteiger partial charge is 0.123 e. The molecule has 3 rings (SSSR count). The molecule has 0 heterocycles. The molecule has 1 N–H and O–H groups in total. The highest BCUT2D eigenvalue weighted by Crippen LogP contribution is 2.43. The highest BCUT2D eigenvalue weighted by molar-refractivity contribution is 5.52. The van der Waals surface area contributed by atoms with Gasteiger partial charge in [0.05, 0.1) is 13.2 Å². The lowest BCUT2D eigenvalue weighted by Crippen LogP contribution is -2.13. The van der Waals surface area contributed by atoms with Gasteiger partial charge in [-0.25, -0.2) is 4.39 Å². The summed E-state index contributed by atoms with van der Waals surface area (Å²) in [6.07, 6.45) is 2.48. The first-order chi connectivity index (χ1) is 10.2. The molecule has 0 spiro atoms. The van der Waals surface area contributed by atoms with Crippen LogP contribution in [0.1, 0.15) is 30.0 Å². The van der Waals surface area contributed by atoms with E-state index in [2.05, 4.69) is 17.4 Å². The predicted molar refractivity (Wildman–Crippen MR) is 83.2 cm³/mol. The molecule has 0 saturated heterocycles. The fourth-order valence-electron chi connectivity index (χ4n) is 2.67. The van der Waals surface area contributed by atoms with E-state index in [9.17, 15) is 4.39 Å². The highest BCUT2D eigenvalue weighted by Gasteiger charge is 2.32. The number of aryl methyl sites for hydroxylation is 1. The van der Waals surface area contributed by atoms with E-state index in [0.29, 0.717) is 5.92 Å². The topological polar surface area (TPSA) is 21.3 Å². The van der Waals surface area contributed by atoms with Crippen LogP contribution in [-0.2, 0) is 0 Å². The van der Waals surface area contributed by atoms with Gasteiger partial charge in [-0.2, -0.15) is 0 Å². The number of rotatable bonds is 5. The minimum absolute atomic E-state index is 0.189. The van der Waals surface area contributed by atoms with Gasteiger partial charge in [0.2, 0.25) is 0 Å². The van der Waals surface area contributed by atoms with E-state index >= 15 is 0 Å². The van der Waals surface area contributed by atoms with Crippen LogP contribution >= 0.6 is 0 Å². The number of halogens is 1. The van der Waals surface area contributed by atoms with Crippen molar-refractivity contribution < 1.29 is 9.13 Å². The number of nitrogens with one attached hydrogen (secondary N) is 1. The van der Waals surface area contributed by atoms with E-state index in [1.54, 1.807) is 13.2 Å². The van der Waals surface area contributed by atoms with Gasteiger partial charge < -0.3 is 10.1 Å². The monoisotopic (exact) mass is 285 g/mol. The van der Waals surface area contributed by atoms with E-state index in [0.717, 1.165) is 17.0 Å². The van der Waals surface area contributed by atoms with Gasteiger partial charge in [-0.15, -0.1) is 0 Å². The second-order valence-electron chi connectivity index (χ2n) is 5.69. The van der Waals surface area contributed by atoms with Crippen molar-refractivity contribution in [2.45, 2.75) is 25.8 Å². The third kappa shape index (κ3) is 3.18. The summed E-state index contributed by atoms with van der Waals surface area (Å²) in [5.74, 6) is 1.33. The number of hydrogen-bond acceptors (Lipinski definition) is 2. The second-order valence-corrected chi connectivity index (χ2v) is 5.69. The number of hydrogen-bond donors (Lipinski definition) is 1. The molecule has 1 aliphatic carbocycles. The quantitative estimate of drug-likeness (QED) is 0.859. The van der Waals surface area contributed by atoms with Crippen molar-refractivity contribution in [1.29, 1.82) is 0 Å². The maximum Gasteiger partial charge on any atom is 0.123 e. The van der Waals surface area contributed by atoms with Crippen LogP contribution < -0.4 is 10.1 Å². The van der Waals surface area contributed by atoms with Gasteiger partial charge in [0.15, 0.2) is 0 Å². The van der Waals surface area contributed by atoms with Gasteiger partial charge >= 0.3 is 0 Å². The molecule has 0 aromatic heterocycles. The molecule has 3 heteroatoms. The number of benzene rings is 2. The van der Waals surface area contributed by atoms with Crippen LogP contribution in [0.5, 0.6) is 5.75 Å². The van der Waals surface area contributed by atoms with Crippen LogP contribution in [0.3, 0.4) is 0 Å². The first-order valence-electron chi connectivity index (χ1n) is 7.34. The Hall–Kier alpha value is -2.03. The lowest BCUT2D eigenvalue weighted by molar-refractivity contribution is 0.414. The number of methoxy groups -OCH3 is 1. The second kappa shape index (κ2) is 5.76. The summed E-state index contributed by atoms with van der Waals surface area (Å²) in [6.45, 7) is 1.93. The molecular formula is C18H20FNO. The largest absolute Gasteiger partial charge is 0.497 e. The van der Waals surface area contributed by atoms with Gasteiger partial charge in [0.1, 0.15) is 11.6 Å². The highest BCUT2D eigenvalue weighted by atomic mass is 19.1. The summed E-state index contributed by atoms with van der Waals surface area (Å²) in [4.78, 5) is 0. The third-order valence-electron chi connectivity index (χ3n) is 4.07. The normalized spacial score (nSPS) is 15.6. The zero-order valence-electron chi connectivity index (χ0n) is 12.4. The fourth-order valence-corrected chi connectivity index (χ4v) is 2.67. The average Bonchev–Trinajstić information content (AvgIpc) is 3.31. The van der Waals surface area contributed by atoms with Crippen molar-refractivity contribution >= 4 is 5.69 Å². The summed E-state index contributed by atoms with van der Waals surface area (Å²) >= 11 is 0. The first-order valence-corrected chi connectivity index (χ1v) is 7.34. The molecular weight excluding hydrogens is 265 g/mol. The summed E-state index contributed by atoms with van der Waals surface area (Å²) in [6, 6.07) is 13.4. The predicted octanol–water partition coefficient (Wildman–Crippen LogP) is 4.71. The Labute approximate surface area is 125 Å². The Morgan fingerprint density at radius 1 is 1.14 bits per heavy atom. The van der Waals surface area contributed by atoms with E-state index in [1.165, 1.54) is 24.5 Å². The van der Waals surface area contributed by atoms with Crippen molar-refractivity contribution in [2.24, 2.45) is 5.92 Å². The van der Waals surface area contributed by atoms with Crippen molar-refractivity contribution in [1.82, 2.24) is 0 Å². The van der Waals surface area contributed by atoms with Crippen LogP contribution in [0.15, 0.2) is 42.5 Å². The lowest BCUT2D eigenvalue weighted by atomic mass is 10.0. The molecule has 1 aliphatic rings. The van der Waals surface area contributed by atoms with E-state index < -0.39 is 0 Å². The summed E-state index contributed by atoms with van der Waals surface area (Å²) in [5, 5.41) is 3.58. The molecule has 1 atom stereocenters. The van der Waals surface area contributed by atoms with E-state index in [1.807, 2.05) is 25.1 Å². The van der Waals surface area contributed by atoms with Crippen LogP contribution in [0, 0.1) is 18.7 Å². The third-order valence-corrected chi connectivity index (χ3v) is 4.07. The van der Waals surface area contributed by atoms with Crippen LogP contribution in [0.4, 0.5) is 10.1 Å². The fraction of sp³-hybridized carbons (Fsp3) is 0.333. The summed E-state index contributed by atoms with van der Waals surface area (Å²) < 4.78 is 18.4. The zero-order chi connectivity index (χ0) is 14.8. The van der Waals surface area contributed by atoms with E-state index in [-0.39, 0.29) is 11.9 Å². The van der Waals surface area contributed by atoms with Crippen LogP contribution in [0.2, 0.25) is 0 Å². The molecule has 1 unspecified atom stereocenters.